The Morgan fingerprint density at radius 1 is 1.39 bits per heavy atom. The van der Waals surface area contributed by atoms with Crippen molar-refractivity contribution in [2.75, 3.05) is 26.9 Å². The SMILES string of the molecule is COCC(/C(C=N)=C/c1ncc(C(NC(=O)OC/C(N)=C/C=O)C2CCC(F)(F)CC2)[nH]1)N1C[C@@H](N(F)F)NC1=O. The van der Waals surface area contributed by atoms with Gasteiger partial charge in [-0.3, -0.25) is 4.79 Å². The third-order valence-corrected chi connectivity index (χ3v) is 6.82. The lowest BCUT2D eigenvalue weighted by molar-refractivity contribution is -0.188. The molecule has 0 spiro atoms. The fourth-order valence-corrected chi connectivity index (χ4v) is 4.72. The minimum absolute atomic E-state index is 0.00602. The summed E-state index contributed by atoms with van der Waals surface area (Å²) in [5.74, 6) is -3.03. The first-order valence-corrected chi connectivity index (χ1v) is 12.6. The molecule has 0 radical (unpaired) electrons. The number of nitrogens with one attached hydrogen (secondary N) is 4. The Kier molecular flexibility index (Phi) is 10.8. The molecule has 1 saturated heterocycles. The number of aromatic amines is 1. The van der Waals surface area contributed by atoms with Gasteiger partial charge in [-0.05, 0) is 30.4 Å². The molecule has 41 heavy (non-hydrogen) atoms. The second kappa shape index (κ2) is 14.1. The summed E-state index contributed by atoms with van der Waals surface area (Å²) in [4.78, 5) is 43.8. The Bertz CT molecular complexity index is 1150. The van der Waals surface area contributed by atoms with Crippen LogP contribution in [0.25, 0.3) is 6.08 Å². The predicted octanol–water partition coefficient (Wildman–Crippen LogP) is 2.51. The summed E-state index contributed by atoms with van der Waals surface area (Å²) in [5, 5.41) is 11.5. The highest BCUT2D eigenvalue weighted by Gasteiger charge is 2.40. The number of methoxy groups -OCH3 is 1. The number of hydrogen-bond acceptors (Lipinski definition) is 9. The molecule has 1 aliphatic carbocycles. The van der Waals surface area contributed by atoms with Crippen LogP contribution < -0.4 is 16.4 Å². The molecule has 1 aromatic rings. The number of alkyl halides is 2. The van der Waals surface area contributed by atoms with Crippen LogP contribution in [0, 0.1) is 11.3 Å². The van der Waals surface area contributed by atoms with E-state index in [1.54, 1.807) is 0 Å². The third-order valence-electron chi connectivity index (χ3n) is 6.82. The van der Waals surface area contributed by atoms with Gasteiger partial charge in [0.25, 0.3) is 0 Å². The van der Waals surface area contributed by atoms with Crippen molar-refractivity contribution in [3.63, 3.8) is 0 Å². The van der Waals surface area contributed by atoms with Gasteiger partial charge in [0.1, 0.15) is 18.7 Å². The maximum atomic E-state index is 13.8. The molecule has 3 amide bonds. The number of aromatic nitrogens is 2. The number of imidazole rings is 1. The van der Waals surface area contributed by atoms with Gasteiger partial charge >= 0.3 is 12.1 Å². The zero-order valence-corrected chi connectivity index (χ0v) is 22.1. The number of amides is 3. The van der Waals surface area contributed by atoms with Gasteiger partial charge in [0.2, 0.25) is 5.92 Å². The summed E-state index contributed by atoms with van der Waals surface area (Å²) in [6, 6.07) is -2.50. The fraction of sp³-hybridized carbons (Fsp3) is 0.542. The molecule has 226 valence electrons. The van der Waals surface area contributed by atoms with Crippen LogP contribution in [0.5, 0.6) is 0 Å². The van der Waals surface area contributed by atoms with Crippen molar-refractivity contribution in [2.24, 2.45) is 11.7 Å². The number of urea groups is 1. The third kappa shape index (κ3) is 8.50. The highest BCUT2D eigenvalue weighted by Crippen LogP contribution is 2.41. The van der Waals surface area contributed by atoms with Gasteiger partial charge in [0.05, 0.1) is 37.1 Å². The van der Waals surface area contributed by atoms with Crippen molar-refractivity contribution in [1.29, 1.82) is 5.41 Å². The first kappa shape index (κ1) is 31.5. The number of rotatable bonds is 13. The van der Waals surface area contributed by atoms with Crippen LogP contribution in [-0.4, -0.2) is 89.8 Å². The Morgan fingerprint density at radius 2 is 2.10 bits per heavy atom. The van der Waals surface area contributed by atoms with Gasteiger partial charge < -0.3 is 41.1 Å². The summed E-state index contributed by atoms with van der Waals surface area (Å²) in [6.07, 6.45) is 2.22. The maximum Gasteiger partial charge on any atom is 0.408 e. The van der Waals surface area contributed by atoms with Crippen molar-refractivity contribution >= 4 is 30.7 Å². The lowest BCUT2D eigenvalue weighted by Crippen LogP contribution is -2.42. The standard InChI is InChI=1S/C24H32F4N8O5/c1-40-13-18(35-11-20(36(27)28)33-22(35)38)15(9-29)8-19-31-10-17(32-19)21(14-2-5-24(25,26)6-3-14)34-23(39)41-12-16(30)4-7-37/h4,7-10,14,18,20-21,29H,2-3,5-6,11-13,30H2,1H3,(H,31,32)(H,33,38)(H,34,39)/b15-8+,16-4-,29-9?/t18?,20-,21?/m1/s1. The lowest BCUT2D eigenvalue weighted by atomic mass is 9.81. The van der Waals surface area contributed by atoms with Crippen molar-refractivity contribution < 1.29 is 41.6 Å². The molecule has 0 aromatic carbocycles. The summed E-state index contributed by atoms with van der Waals surface area (Å²) in [6.45, 7) is -0.850. The highest BCUT2D eigenvalue weighted by atomic mass is 19.4. The number of H-pyrrole nitrogens is 1. The molecule has 3 atom stereocenters. The molecule has 1 aromatic heterocycles. The average Bonchev–Trinajstić information content (AvgIpc) is 3.55. The van der Waals surface area contributed by atoms with E-state index in [-0.39, 0.29) is 62.5 Å². The molecular weight excluding hydrogens is 556 g/mol. The number of carbonyl (C=O) groups excluding carboxylic acids is 3. The molecule has 1 aliphatic heterocycles. The van der Waals surface area contributed by atoms with Gasteiger partial charge in [0, 0.05) is 43.3 Å². The van der Waals surface area contributed by atoms with Crippen LogP contribution in [0.2, 0.25) is 0 Å². The van der Waals surface area contributed by atoms with Crippen molar-refractivity contribution in [3.05, 3.63) is 35.1 Å². The molecule has 17 heteroatoms. The van der Waals surface area contributed by atoms with Crippen LogP contribution in [0.3, 0.4) is 0 Å². The quantitative estimate of drug-likeness (QED) is 0.0767. The number of allylic oxidation sites excluding steroid dienone is 1. The lowest BCUT2D eigenvalue weighted by Gasteiger charge is -2.33. The number of aldehydes is 1. The monoisotopic (exact) mass is 588 g/mol. The minimum atomic E-state index is -2.81. The van der Waals surface area contributed by atoms with Gasteiger partial charge in [-0.15, -0.1) is 0 Å². The molecule has 2 aliphatic rings. The first-order valence-electron chi connectivity index (χ1n) is 12.6. The molecule has 2 unspecified atom stereocenters. The van der Waals surface area contributed by atoms with Crippen molar-refractivity contribution in [2.45, 2.75) is 49.9 Å². The van der Waals surface area contributed by atoms with Crippen LogP contribution >= 0.6 is 0 Å². The second-order valence-electron chi connectivity index (χ2n) is 9.63. The van der Waals surface area contributed by atoms with E-state index in [1.807, 2.05) is 0 Å². The summed E-state index contributed by atoms with van der Waals surface area (Å²) in [5.41, 5.74) is 6.12. The Labute approximate surface area is 232 Å². The van der Waals surface area contributed by atoms with E-state index in [1.165, 1.54) is 19.4 Å². The average molecular weight is 589 g/mol. The largest absolute Gasteiger partial charge is 0.443 e. The van der Waals surface area contributed by atoms with E-state index in [9.17, 15) is 32.1 Å². The Morgan fingerprint density at radius 3 is 2.68 bits per heavy atom. The number of carbonyl (C=O) groups is 3. The number of halogens is 4. The first-order chi connectivity index (χ1) is 19.5. The smallest absolute Gasteiger partial charge is 0.408 e. The van der Waals surface area contributed by atoms with Gasteiger partial charge in [-0.2, -0.15) is 0 Å². The normalized spacial score (nSPS) is 21.4. The zero-order valence-electron chi connectivity index (χ0n) is 22.1. The minimum Gasteiger partial charge on any atom is -0.443 e. The summed E-state index contributed by atoms with van der Waals surface area (Å²) >= 11 is 0. The molecule has 1 saturated carbocycles. The highest BCUT2D eigenvalue weighted by molar-refractivity contribution is 5.87. The van der Waals surface area contributed by atoms with E-state index < -0.39 is 47.6 Å². The fourth-order valence-electron chi connectivity index (χ4n) is 4.72. The van der Waals surface area contributed by atoms with Crippen LogP contribution in [0.1, 0.15) is 43.2 Å². The van der Waals surface area contributed by atoms with Crippen LogP contribution in [-0.2, 0) is 14.3 Å². The Hall–Kier alpha value is -3.99. The van der Waals surface area contributed by atoms with E-state index in [2.05, 4.69) is 20.6 Å². The van der Waals surface area contributed by atoms with Crippen LogP contribution in [0.15, 0.2) is 23.5 Å². The number of nitrogens with two attached hydrogens (primary N) is 1. The number of ether oxygens (including phenoxy) is 2. The van der Waals surface area contributed by atoms with Crippen LogP contribution in [0.4, 0.5) is 27.3 Å². The summed E-state index contributed by atoms with van der Waals surface area (Å²) < 4.78 is 64.0. The molecule has 2 heterocycles. The molecule has 0 bridgehead atoms. The molecular formula is C24H32F4N8O5. The zero-order chi connectivity index (χ0) is 30.2. The van der Waals surface area contributed by atoms with E-state index in [4.69, 9.17) is 20.6 Å². The van der Waals surface area contributed by atoms with Crippen molar-refractivity contribution in [3.8, 4) is 0 Å². The number of alkyl carbamates (subject to hydrolysis) is 1. The number of hydrogen-bond donors (Lipinski definition) is 5. The van der Waals surface area contributed by atoms with E-state index in [0.29, 0.717) is 12.0 Å². The van der Waals surface area contributed by atoms with E-state index in [0.717, 1.165) is 17.2 Å². The second-order valence-corrected chi connectivity index (χ2v) is 9.63. The molecule has 3 rings (SSSR count). The predicted molar refractivity (Wildman–Crippen MR) is 137 cm³/mol. The topological polar surface area (TPSA) is 179 Å². The molecule has 2 fully saturated rings. The van der Waals surface area contributed by atoms with E-state index >= 15 is 0 Å². The maximum absolute atomic E-state index is 13.8. The summed E-state index contributed by atoms with van der Waals surface area (Å²) in [7, 11) is 1.35. The number of nitrogens with zero attached hydrogens (tertiary/aromatic N) is 3. The van der Waals surface area contributed by atoms with Gasteiger partial charge in [-0.1, -0.05) is 8.96 Å². The van der Waals surface area contributed by atoms with Crippen molar-refractivity contribution in [1.82, 2.24) is 30.8 Å². The van der Waals surface area contributed by atoms with Gasteiger partial charge in [0.15, 0.2) is 6.17 Å². The van der Waals surface area contributed by atoms with Gasteiger partial charge in [-0.25, -0.2) is 23.4 Å². The molecule has 13 nitrogen and oxygen atoms in total. The molecule has 6 N–H and O–H groups in total. The Balaban J connectivity index is 1.84.